The number of rotatable bonds is 7. The quantitative estimate of drug-likeness (QED) is 0.646. The first-order valence-electron chi connectivity index (χ1n) is 6.09. The molecule has 0 aliphatic carbocycles. The van der Waals surface area contributed by atoms with Crippen molar-refractivity contribution in [3.63, 3.8) is 0 Å². The van der Waals surface area contributed by atoms with Crippen LogP contribution < -0.4 is 4.52 Å². The molecule has 4 nitrogen and oxygen atoms in total. The summed E-state index contributed by atoms with van der Waals surface area (Å²) in [4.78, 5) is 0. The van der Waals surface area contributed by atoms with Crippen molar-refractivity contribution in [1.29, 1.82) is 0 Å². The van der Waals surface area contributed by atoms with E-state index in [-0.39, 0.29) is 0 Å². The molecule has 0 atom stereocenters. The molecule has 0 saturated heterocycles. The third-order valence-electron chi connectivity index (χ3n) is 2.95. The van der Waals surface area contributed by atoms with Gasteiger partial charge in [-0.2, -0.15) is 8.15 Å². The topological polar surface area (TPSA) is 44.8 Å². The van der Waals surface area contributed by atoms with E-state index in [0.29, 0.717) is 5.75 Å². The van der Waals surface area contributed by atoms with E-state index in [2.05, 4.69) is 22.0 Å². The van der Waals surface area contributed by atoms with Gasteiger partial charge in [-0.3, -0.25) is 0 Å². The zero-order valence-electron chi connectivity index (χ0n) is 11.1. The highest BCUT2D eigenvalue weighted by Crippen LogP contribution is 2.52. The Morgan fingerprint density at radius 3 is 2.00 bits per heavy atom. The molecule has 108 valence electrons. The fourth-order valence-corrected chi connectivity index (χ4v) is 3.04. The minimum atomic E-state index is -3.97. The maximum atomic E-state index is 11.8. The average molecular weight is 327 g/mol. The second kappa shape index (κ2) is 7.51. The second-order valence-electron chi connectivity index (χ2n) is 3.92. The predicted octanol–water partition coefficient (Wildman–Crippen LogP) is 5.20. The van der Waals surface area contributed by atoms with Gasteiger partial charge in [0.1, 0.15) is 5.75 Å². The maximum Gasteiger partial charge on any atom is 0.563 e. The summed E-state index contributed by atoms with van der Waals surface area (Å²) in [7, 11) is -3.97. The summed E-state index contributed by atoms with van der Waals surface area (Å²) < 4.78 is 25.4. The average Bonchev–Trinajstić information content (AvgIpc) is 2.46. The van der Waals surface area contributed by atoms with Crippen molar-refractivity contribution in [3.05, 3.63) is 28.8 Å². The van der Waals surface area contributed by atoms with E-state index in [1.54, 1.807) is 6.07 Å². The lowest BCUT2D eigenvalue weighted by Gasteiger charge is -2.18. The largest absolute Gasteiger partial charge is 0.563 e. The summed E-state index contributed by atoms with van der Waals surface area (Å²) in [6, 6.07) is 3.66. The van der Waals surface area contributed by atoms with Crippen LogP contribution in [0.4, 0.5) is 0 Å². The fourth-order valence-electron chi connectivity index (χ4n) is 2.12. The lowest BCUT2D eigenvalue weighted by Crippen LogP contribution is -2.02. The molecule has 1 aromatic carbocycles. The SMILES string of the molecule is CCc1ccc(OP(=O)(OCl)OCl)c(CC)c1CC. The van der Waals surface area contributed by atoms with Crippen LogP contribution in [0.5, 0.6) is 5.75 Å². The Hall–Kier alpha value is -0.250. The van der Waals surface area contributed by atoms with Gasteiger partial charge in [-0.1, -0.05) is 26.8 Å². The molecule has 0 amide bonds. The van der Waals surface area contributed by atoms with E-state index in [0.717, 1.165) is 24.8 Å². The molecule has 7 heteroatoms. The summed E-state index contributed by atoms with van der Waals surface area (Å²) in [5.74, 6) is 0.418. The van der Waals surface area contributed by atoms with Gasteiger partial charge in [0.25, 0.3) is 0 Å². The lowest BCUT2D eigenvalue weighted by atomic mass is 9.95. The zero-order valence-corrected chi connectivity index (χ0v) is 13.5. The van der Waals surface area contributed by atoms with Crippen molar-refractivity contribution in [1.82, 2.24) is 0 Å². The van der Waals surface area contributed by atoms with Crippen molar-refractivity contribution in [2.24, 2.45) is 0 Å². The second-order valence-corrected chi connectivity index (χ2v) is 6.10. The Kier molecular flexibility index (Phi) is 6.64. The van der Waals surface area contributed by atoms with Gasteiger partial charge < -0.3 is 4.52 Å². The Balaban J connectivity index is 3.25. The van der Waals surface area contributed by atoms with Crippen LogP contribution in [-0.2, 0) is 32.0 Å². The molecule has 0 fully saturated rings. The van der Waals surface area contributed by atoms with Crippen LogP contribution in [0.1, 0.15) is 37.5 Å². The number of benzene rings is 1. The maximum absolute atomic E-state index is 11.8. The molecular weight excluding hydrogens is 310 g/mol. The van der Waals surface area contributed by atoms with Crippen molar-refractivity contribution < 1.29 is 17.2 Å². The molecule has 0 radical (unpaired) electrons. The monoisotopic (exact) mass is 326 g/mol. The van der Waals surface area contributed by atoms with Gasteiger partial charge in [-0.15, -0.1) is 0 Å². The third-order valence-corrected chi connectivity index (χ3v) is 4.72. The molecule has 1 aromatic rings. The molecule has 0 N–H and O–H groups in total. The van der Waals surface area contributed by atoms with Crippen LogP contribution in [0, 0.1) is 0 Å². The number of hydrogen-bond acceptors (Lipinski definition) is 4. The minimum Gasteiger partial charge on any atom is -0.402 e. The molecule has 1 rings (SSSR count). The van der Waals surface area contributed by atoms with Crippen LogP contribution in [0.15, 0.2) is 12.1 Å². The molecular formula is C12H17Cl2O4P. The van der Waals surface area contributed by atoms with Gasteiger partial charge in [0.05, 0.1) is 23.7 Å². The predicted molar refractivity (Wildman–Crippen MR) is 76.7 cm³/mol. The highest BCUT2D eigenvalue weighted by molar-refractivity contribution is 7.50. The van der Waals surface area contributed by atoms with E-state index < -0.39 is 7.82 Å². The fraction of sp³-hybridized carbons (Fsp3) is 0.500. The summed E-state index contributed by atoms with van der Waals surface area (Å²) in [6.07, 6.45) is 2.51. The third kappa shape index (κ3) is 3.87. The van der Waals surface area contributed by atoms with Crippen LogP contribution >= 0.6 is 31.6 Å². The van der Waals surface area contributed by atoms with Crippen molar-refractivity contribution in [3.8, 4) is 5.75 Å². The summed E-state index contributed by atoms with van der Waals surface area (Å²) in [5, 5.41) is 0. The van der Waals surface area contributed by atoms with Crippen LogP contribution in [-0.4, -0.2) is 0 Å². The van der Waals surface area contributed by atoms with E-state index >= 15 is 0 Å². The van der Waals surface area contributed by atoms with E-state index in [4.69, 9.17) is 28.3 Å². The van der Waals surface area contributed by atoms with Crippen LogP contribution in [0.3, 0.4) is 0 Å². The minimum absolute atomic E-state index is 0.418. The summed E-state index contributed by atoms with van der Waals surface area (Å²) >= 11 is 10.2. The molecule has 0 saturated carbocycles. The molecule has 0 aliphatic rings. The van der Waals surface area contributed by atoms with Gasteiger partial charge >= 0.3 is 7.82 Å². The molecule has 0 unspecified atom stereocenters. The van der Waals surface area contributed by atoms with Crippen molar-refractivity contribution in [2.75, 3.05) is 0 Å². The normalized spacial score (nSPS) is 11.6. The Morgan fingerprint density at radius 1 is 1.00 bits per heavy atom. The lowest BCUT2D eigenvalue weighted by molar-refractivity contribution is 0.317. The van der Waals surface area contributed by atoms with Gasteiger partial charge in [0, 0.05) is 0 Å². The highest BCUT2D eigenvalue weighted by Gasteiger charge is 2.30. The standard InChI is InChI=1S/C12H17Cl2O4P/c1-4-9-7-8-12(11(6-3)10(9)5-2)16-19(15,17-13)18-14/h7-8H,4-6H2,1-3H3. The van der Waals surface area contributed by atoms with Crippen molar-refractivity contribution >= 4 is 31.6 Å². The Labute approximate surface area is 123 Å². The first-order valence-corrected chi connectivity index (χ1v) is 8.16. The van der Waals surface area contributed by atoms with Crippen LogP contribution in [0.25, 0.3) is 0 Å². The Morgan fingerprint density at radius 2 is 1.58 bits per heavy atom. The number of halogens is 2. The Bertz CT molecular complexity index is 471. The molecule has 0 aromatic heterocycles. The van der Waals surface area contributed by atoms with Crippen LogP contribution in [0.2, 0.25) is 0 Å². The number of phosphoric acid groups is 1. The molecule has 0 heterocycles. The van der Waals surface area contributed by atoms with E-state index in [1.807, 2.05) is 13.0 Å². The number of aryl methyl sites for hydroxylation is 1. The number of hydrogen-bond donors (Lipinski definition) is 0. The summed E-state index contributed by atoms with van der Waals surface area (Å²) in [6.45, 7) is 6.14. The molecule has 0 aliphatic heterocycles. The highest BCUT2D eigenvalue weighted by atomic mass is 35.5. The molecule has 0 bridgehead atoms. The van der Waals surface area contributed by atoms with Crippen molar-refractivity contribution in [2.45, 2.75) is 40.0 Å². The first-order chi connectivity index (χ1) is 9.05. The molecule has 0 spiro atoms. The van der Waals surface area contributed by atoms with Gasteiger partial charge in [-0.25, -0.2) is 4.57 Å². The van der Waals surface area contributed by atoms with E-state index in [9.17, 15) is 4.57 Å². The molecule has 19 heavy (non-hydrogen) atoms. The van der Waals surface area contributed by atoms with Gasteiger partial charge in [0.15, 0.2) is 0 Å². The van der Waals surface area contributed by atoms with E-state index in [1.165, 1.54) is 11.1 Å². The first kappa shape index (κ1) is 16.8. The summed E-state index contributed by atoms with van der Waals surface area (Å²) in [5.41, 5.74) is 3.38. The van der Waals surface area contributed by atoms with Gasteiger partial charge in [-0.05, 0) is 42.0 Å². The van der Waals surface area contributed by atoms with Gasteiger partial charge in [0.2, 0.25) is 0 Å². The zero-order chi connectivity index (χ0) is 14.5. The smallest absolute Gasteiger partial charge is 0.402 e.